The predicted octanol–water partition coefficient (Wildman–Crippen LogP) is 2.44. The van der Waals surface area contributed by atoms with Gasteiger partial charge in [0.25, 0.3) is 11.8 Å². The highest BCUT2D eigenvalue weighted by atomic mass is 35.5. The number of halogens is 1. The Hall–Kier alpha value is -3.26. The number of amides is 2. The maximum absolute atomic E-state index is 12.7. The predicted molar refractivity (Wildman–Crippen MR) is 90.3 cm³/mol. The van der Waals surface area contributed by atoms with Crippen LogP contribution in [0.25, 0.3) is 5.65 Å². The van der Waals surface area contributed by atoms with Gasteiger partial charge in [-0.3, -0.25) is 14.5 Å². The quantitative estimate of drug-likeness (QED) is 0.710. The van der Waals surface area contributed by atoms with Crippen molar-refractivity contribution in [3.05, 3.63) is 64.1 Å². The summed E-state index contributed by atoms with van der Waals surface area (Å²) in [5.74, 6) is -2.22. The molecule has 4 rings (SSSR count). The minimum atomic E-state index is -1.25. The summed E-state index contributed by atoms with van der Waals surface area (Å²) in [5.41, 5.74) is 0.860. The van der Waals surface area contributed by atoms with Crippen LogP contribution < -0.4 is 0 Å². The highest BCUT2D eigenvalue weighted by Crippen LogP contribution is 2.32. The number of carbonyl (C=O) groups is 3. The molecule has 1 aromatic carbocycles. The molecule has 1 atom stereocenters. The third kappa shape index (κ3) is 2.19. The van der Waals surface area contributed by atoms with Gasteiger partial charge in [-0.2, -0.15) is 5.10 Å². The third-order valence-electron chi connectivity index (χ3n) is 4.33. The molecule has 3 aromatic rings. The number of aromatic nitrogens is 3. The molecule has 0 radical (unpaired) electrons. The van der Waals surface area contributed by atoms with Crippen molar-refractivity contribution in [2.75, 3.05) is 0 Å². The number of aromatic carboxylic acids is 1. The summed E-state index contributed by atoms with van der Waals surface area (Å²) < 4.78 is 1.25. The van der Waals surface area contributed by atoms with Crippen LogP contribution in [-0.4, -0.2) is 42.4 Å². The molecule has 2 aromatic heterocycles. The van der Waals surface area contributed by atoms with E-state index in [-0.39, 0.29) is 27.5 Å². The molecule has 0 aliphatic carbocycles. The summed E-state index contributed by atoms with van der Waals surface area (Å²) in [6, 6.07) is 7.03. The van der Waals surface area contributed by atoms with E-state index in [0.29, 0.717) is 5.65 Å². The molecule has 0 unspecified atom stereocenters. The molecule has 26 heavy (non-hydrogen) atoms. The summed E-state index contributed by atoms with van der Waals surface area (Å²) in [6.07, 6.45) is 1.17. The maximum atomic E-state index is 12.7. The second-order valence-corrected chi connectivity index (χ2v) is 6.19. The average molecular weight is 371 g/mol. The van der Waals surface area contributed by atoms with Crippen molar-refractivity contribution in [2.45, 2.75) is 13.0 Å². The van der Waals surface area contributed by atoms with Gasteiger partial charge >= 0.3 is 5.97 Å². The van der Waals surface area contributed by atoms with Crippen molar-refractivity contribution < 1.29 is 19.5 Å². The summed E-state index contributed by atoms with van der Waals surface area (Å²) in [5, 5.41) is 13.7. The van der Waals surface area contributed by atoms with Crippen LogP contribution in [-0.2, 0) is 0 Å². The molecule has 3 heterocycles. The van der Waals surface area contributed by atoms with Crippen molar-refractivity contribution in [3.8, 4) is 0 Å². The molecule has 0 saturated heterocycles. The lowest BCUT2D eigenvalue weighted by molar-refractivity contribution is 0.0577. The molecule has 0 bridgehead atoms. The Kier molecular flexibility index (Phi) is 3.52. The summed E-state index contributed by atoms with van der Waals surface area (Å²) in [6.45, 7) is 1.57. The highest BCUT2D eigenvalue weighted by Gasteiger charge is 2.40. The Morgan fingerprint density at radius 3 is 2.38 bits per heavy atom. The molecular weight excluding hydrogens is 360 g/mol. The zero-order chi connectivity index (χ0) is 18.6. The van der Waals surface area contributed by atoms with Crippen molar-refractivity contribution in [1.82, 2.24) is 19.5 Å². The fraction of sp³-hybridized carbons (Fsp3) is 0.118. The minimum Gasteiger partial charge on any atom is -0.478 e. The molecule has 1 N–H and O–H groups in total. The summed E-state index contributed by atoms with van der Waals surface area (Å²) >= 11 is 5.91. The molecule has 130 valence electrons. The van der Waals surface area contributed by atoms with Gasteiger partial charge in [-0.25, -0.2) is 14.3 Å². The van der Waals surface area contributed by atoms with Gasteiger partial charge < -0.3 is 5.11 Å². The summed E-state index contributed by atoms with van der Waals surface area (Å²) in [7, 11) is 0. The van der Waals surface area contributed by atoms with E-state index in [9.17, 15) is 19.5 Å². The number of imide groups is 1. The first-order chi connectivity index (χ1) is 12.4. The van der Waals surface area contributed by atoms with Crippen molar-refractivity contribution in [2.24, 2.45) is 0 Å². The van der Waals surface area contributed by atoms with Crippen LogP contribution >= 0.6 is 11.6 Å². The second-order valence-electron chi connectivity index (χ2n) is 5.80. The zero-order valence-electron chi connectivity index (χ0n) is 13.4. The molecule has 1 aliphatic heterocycles. The van der Waals surface area contributed by atoms with Gasteiger partial charge in [0.2, 0.25) is 0 Å². The fourth-order valence-corrected chi connectivity index (χ4v) is 3.35. The highest BCUT2D eigenvalue weighted by molar-refractivity contribution is 6.29. The summed E-state index contributed by atoms with van der Waals surface area (Å²) in [4.78, 5) is 42.2. The van der Waals surface area contributed by atoms with E-state index in [4.69, 9.17) is 11.6 Å². The van der Waals surface area contributed by atoms with E-state index >= 15 is 0 Å². The standard InChI is InChI=1S/C17H11ClN4O4/c1-8(21-15(23)9-4-2-3-5-10(9)16(21)24)14-11(17(25)26)7-19-13-6-12(18)20-22(13)14/h2-8H,1H3,(H,25,26)/t8-/m0/s1. The largest absolute Gasteiger partial charge is 0.478 e. The van der Waals surface area contributed by atoms with Crippen molar-refractivity contribution in [3.63, 3.8) is 0 Å². The maximum Gasteiger partial charge on any atom is 0.339 e. The molecule has 1 aliphatic rings. The van der Waals surface area contributed by atoms with E-state index in [1.807, 2.05) is 0 Å². The first kappa shape index (κ1) is 16.2. The van der Waals surface area contributed by atoms with E-state index < -0.39 is 23.8 Å². The molecule has 0 fully saturated rings. The monoisotopic (exact) mass is 370 g/mol. The second kappa shape index (κ2) is 5.63. The van der Waals surface area contributed by atoms with Gasteiger partial charge in [0.05, 0.1) is 22.9 Å². The number of hydrogen-bond acceptors (Lipinski definition) is 5. The number of carbonyl (C=O) groups excluding carboxylic acids is 2. The van der Waals surface area contributed by atoms with E-state index in [1.54, 1.807) is 31.2 Å². The van der Waals surface area contributed by atoms with Crippen LogP contribution in [0.4, 0.5) is 0 Å². The number of rotatable bonds is 3. The van der Waals surface area contributed by atoms with Crippen molar-refractivity contribution in [1.29, 1.82) is 0 Å². The van der Waals surface area contributed by atoms with Crippen LogP contribution in [0.15, 0.2) is 36.5 Å². The van der Waals surface area contributed by atoms with Gasteiger partial charge in [-0.05, 0) is 19.1 Å². The third-order valence-corrected chi connectivity index (χ3v) is 4.51. The Balaban J connectivity index is 1.91. The Labute approximate surface area is 151 Å². The number of hydrogen-bond donors (Lipinski definition) is 1. The number of carboxylic acids is 1. The van der Waals surface area contributed by atoms with E-state index in [0.717, 1.165) is 4.90 Å². The average Bonchev–Trinajstić information content (AvgIpc) is 3.11. The smallest absolute Gasteiger partial charge is 0.339 e. The van der Waals surface area contributed by atoms with E-state index in [1.165, 1.54) is 16.8 Å². The molecule has 0 spiro atoms. The SMILES string of the molecule is C[C@@H](c1c(C(=O)O)cnc2cc(Cl)nn12)N1C(=O)c2ccccc2C1=O. The number of nitrogens with zero attached hydrogens (tertiary/aromatic N) is 4. The van der Waals surface area contributed by atoms with Gasteiger partial charge in [-0.15, -0.1) is 0 Å². The molecular formula is C17H11ClN4O4. The van der Waals surface area contributed by atoms with Crippen molar-refractivity contribution >= 4 is 35.0 Å². The number of fused-ring (bicyclic) bond motifs is 2. The van der Waals surface area contributed by atoms with Gasteiger partial charge in [-0.1, -0.05) is 23.7 Å². The number of benzene rings is 1. The molecule has 0 saturated carbocycles. The van der Waals surface area contributed by atoms with Crippen LogP contribution in [0.2, 0.25) is 5.15 Å². The Morgan fingerprint density at radius 2 is 1.81 bits per heavy atom. The topological polar surface area (TPSA) is 105 Å². The lowest BCUT2D eigenvalue weighted by Crippen LogP contribution is -2.34. The van der Waals surface area contributed by atoms with Gasteiger partial charge in [0.1, 0.15) is 5.56 Å². The molecule has 8 nitrogen and oxygen atoms in total. The van der Waals surface area contributed by atoms with Gasteiger partial charge in [0, 0.05) is 12.3 Å². The van der Waals surface area contributed by atoms with Crippen LogP contribution in [0.3, 0.4) is 0 Å². The zero-order valence-corrected chi connectivity index (χ0v) is 14.1. The number of carboxylic acid groups (broad SMARTS) is 1. The van der Waals surface area contributed by atoms with Gasteiger partial charge in [0.15, 0.2) is 10.8 Å². The van der Waals surface area contributed by atoms with E-state index in [2.05, 4.69) is 10.1 Å². The minimum absolute atomic E-state index is 0.121. The lowest BCUT2D eigenvalue weighted by atomic mass is 10.1. The Bertz CT molecular complexity index is 1070. The molecule has 9 heteroatoms. The van der Waals surface area contributed by atoms with Crippen LogP contribution in [0.1, 0.15) is 49.7 Å². The van der Waals surface area contributed by atoms with Crippen LogP contribution in [0.5, 0.6) is 0 Å². The van der Waals surface area contributed by atoms with Crippen LogP contribution in [0, 0.1) is 0 Å². The fourth-order valence-electron chi connectivity index (χ4n) is 3.17. The molecule has 2 amide bonds. The lowest BCUT2D eigenvalue weighted by Gasteiger charge is -2.24. The first-order valence-electron chi connectivity index (χ1n) is 7.64. The Morgan fingerprint density at radius 1 is 1.19 bits per heavy atom. The normalized spacial score (nSPS) is 14.8. The first-order valence-corrected chi connectivity index (χ1v) is 8.02.